The Kier molecular flexibility index (Phi) is 7.92. The minimum Gasteiger partial charge on any atom is -0.466 e. The maximum atomic E-state index is 13.1. The van der Waals surface area contributed by atoms with Gasteiger partial charge in [0.05, 0.1) is 31.3 Å². The molecule has 0 aliphatic carbocycles. The fourth-order valence-corrected chi connectivity index (χ4v) is 3.65. The molecule has 0 aliphatic rings. The van der Waals surface area contributed by atoms with E-state index in [1.807, 2.05) is 19.1 Å². The topological polar surface area (TPSA) is 87.8 Å². The number of hydrogen-bond donors (Lipinski definition) is 1. The van der Waals surface area contributed by atoms with Crippen LogP contribution in [0.1, 0.15) is 25.0 Å². The zero-order chi connectivity index (χ0) is 18.2. The van der Waals surface area contributed by atoms with Gasteiger partial charge in [0.1, 0.15) is 0 Å². The third-order valence-electron chi connectivity index (χ3n) is 3.11. The summed E-state index contributed by atoms with van der Waals surface area (Å²) in [6.07, 6.45) is 2.47. The number of hydrogen-bond acceptors (Lipinski definition) is 6. The first-order valence-electron chi connectivity index (χ1n) is 7.60. The minimum atomic E-state index is -3.67. The second kappa shape index (κ2) is 9.42. The number of benzene rings is 1. The van der Waals surface area contributed by atoms with Crippen molar-refractivity contribution in [2.24, 2.45) is 5.73 Å². The van der Waals surface area contributed by atoms with Crippen LogP contribution >= 0.6 is 7.60 Å². The molecule has 1 rings (SSSR count). The maximum Gasteiger partial charge on any atom is 0.363 e. The fraction of sp³-hybridized carbons (Fsp3) is 0.353. The van der Waals surface area contributed by atoms with Crippen molar-refractivity contribution in [3.8, 4) is 0 Å². The van der Waals surface area contributed by atoms with Crippen LogP contribution < -0.4 is 5.73 Å². The van der Waals surface area contributed by atoms with Crippen LogP contribution in [0.15, 0.2) is 41.7 Å². The van der Waals surface area contributed by atoms with Gasteiger partial charge in [-0.25, -0.2) is 4.79 Å². The Hall–Kier alpha value is -1.88. The normalized spacial score (nSPS) is 13.0. The van der Waals surface area contributed by atoms with Crippen LogP contribution in [0.25, 0.3) is 5.70 Å². The van der Waals surface area contributed by atoms with E-state index in [2.05, 4.69) is 4.74 Å². The van der Waals surface area contributed by atoms with Crippen molar-refractivity contribution >= 4 is 19.3 Å². The number of esters is 1. The molecular formula is C17H24NO5P. The molecule has 0 spiro atoms. The predicted molar refractivity (Wildman–Crippen MR) is 94.3 cm³/mol. The molecule has 0 saturated heterocycles. The predicted octanol–water partition coefficient (Wildman–Crippen LogP) is 3.62. The van der Waals surface area contributed by atoms with Gasteiger partial charge in [-0.3, -0.25) is 4.57 Å². The molecule has 0 fully saturated rings. The Balaban J connectivity index is 3.48. The maximum absolute atomic E-state index is 13.1. The molecule has 0 atom stereocenters. The molecule has 0 amide bonds. The summed E-state index contributed by atoms with van der Waals surface area (Å²) in [5.41, 5.74) is 8.15. The largest absolute Gasteiger partial charge is 0.466 e. The van der Waals surface area contributed by atoms with E-state index in [1.54, 1.807) is 26.0 Å². The Labute approximate surface area is 142 Å². The number of ether oxygens (including phenoxy) is 1. The average molecular weight is 353 g/mol. The lowest BCUT2D eigenvalue weighted by Crippen LogP contribution is -2.06. The summed E-state index contributed by atoms with van der Waals surface area (Å²) >= 11 is 0. The summed E-state index contributed by atoms with van der Waals surface area (Å²) in [6.45, 7) is 5.71. The van der Waals surface area contributed by atoms with E-state index < -0.39 is 13.6 Å². The molecule has 0 aromatic heterocycles. The van der Waals surface area contributed by atoms with Crippen LogP contribution in [0.3, 0.4) is 0 Å². The van der Waals surface area contributed by atoms with Gasteiger partial charge in [-0.2, -0.15) is 0 Å². The van der Waals surface area contributed by atoms with Crippen molar-refractivity contribution in [3.05, 3.63) is 52.9 Å². The Morgan fingerprint density at radius 3 is 2.12 bits per heavy atom. The second-order valence-electron chi connectivity index (χ2n) is 4.85. The van der Waals surface area contributed by atoms with Gasteiger partial charge in [0.15, 0.2) is 0 Å². The van der Waals surface area contributed by atoms with Gasteiger partial charge >= 0.3 is 13.6 Å². The van der Waals surface area contributed by atoms with E-state index in [0.717, 1.165) is 11.6 Å². The molecule has 132 valence electrons. The summed E-state index contributed by atoms with van der Waals surface area (Å²) in [5.74, 6) is -0.594. The van der Waals surface area contributed by atoms with Gasteiger partial charge in [-0.05, 0) is 32.4 Å². The first-order valence-corrected chi connectivity index (χ1v) is 9.14. The summed E-state index contributed by atoms with van der Waals surface area (Å²) < 4.78 is 28.4. The van der Waals surface area contributed by atoms with Gasteiger partial charge in [-0.15, -0.1) is 0 Å². The average Bonchev–Trinajstić information content (AvgIpc) is 2.55. The Bertz CT molecular complexity index is 654. The second-order valence-corrected chi connectivity index (χ2v) is 6.85. The van der Waals surface area contributed by atoms with Crippen LogP contribution in [0.4, 0.5) is 0 Å². The number of allylic oxidation sites excluding steroid dienone is 2. The number of aryl methyl sites for hydroxylation is 1. The lowest BCUT2D eigenvalue weighted by Gasteiger charge is -2.20. The Morgan fingerprint density at radius 1 is 1.12 bits per heavy atom. The van der Waals surface area contributed by atoms with Crippen LogP contribution in [0.5, 0.6) is 0 Å². The van der Waals surface area contributed by atoms with Crippen molar-refractivity contribution in [2.45, 2.75) is 20.8 Å². The van der Waals surface area contributed by atoms with Crippen LogP contribution in [-0.4, -0.2) is 26.3 Å². The van der Waals surface area contributed by atoms with Crippen LogP contribution in [-0.2, 0) is 23.1 Å². The number of carbonyl (C=O) groups is 1. The smallest absolute Gasteiger partial charge is 0.363 e. The molecule has 0 unspecified atom stereocenters. The van der Waals surface area contributed by atoms with Crippen molar-refractivity contribution in [3.63, 3.8) is 0 Å². The highest BCUT2D eigenvalue weighted by Crippen LogP contribution is 2.58. The molecule has 0 bridgehead atoms. The lowest BCUT2D eigenvalue weighted by atomic mass is 10.1. The van der Waals surface area contributed by atoms with Crippen LogP contribution in [0.2, 0.25) is 0 Å². The third-order valence-corrected chi connectivity index (χ3v) is 5.29. The molecule has 24 heavy (non-hydrogen) atoms. The molecular weight excluding hydrogens is 329 g/mol. The van der Waals surface area contributed by atoms with Crippen molar-refractivity contribution in [1.82, 2.24) is 0 Å². The fourth-order valence-electron chi connectivity index (χ4n) is 1.94. The standard InChI is InChI=1S/C17H24NO5P/c1-5-22-24(20,23-6-2)15(11-12-16(19)21-4)17(18)14-9-7-13(3)8-10-14/h7-12H,5-6,18H2,1-4H3/b12-11+,17-15-. The van der Waals surface area contributed by atoms with E-state index in [-0.39, 0.29) is 24.2 Å². The van der Waals surface area contributed by atoms with Crippen molar-refractivity contribution in [1.29, 1.82) is 0 Å². The third kappa shape index (κ3) is 5.34. The number of methoxy groups -OCH3 is 1. The highest BCUT2D eigenvalue weighted by atomic mass is 31.2. The molecule has 0 heterocycles. The highest BCUT2D eigenvalue weighted by Gasteiger charge is 2.31. The van der Waals surface area contributed by atoms with E-state index in [1.165, 1.54) is 13.2 Å². The molecule has 0 saturated carbocycles. The van der Waals surface area contributed by atoms with E-state index in [0.29, 0.717) is 5.56 Å². The SMILES string of the molecule is CCOP(=O)(OCC)C(/C=C/C(=O)OC)=C(\N)c1ccc(C)cc1. The molecule has 2 N–H and O–H groups in total. The molecule has 1 aromatic rings. The zero-order valence-electron chi connectivity index (χ0n) is 14.4. The number of nitrogens with two attached hydrogens (primary N) is 1. The highest BCUT2D eigenvalue weighted by molar-refractivity contribution is 7.59. The monoisotopic (exact) mass is 353 g/mol. The summed E-state index contributed by atoms with van der Waals surface area (Å²) in [5, 5.41) is 0.125. The summed E-state index contributed by atoms with van der Waals surface area (Å²) in [7, 11) is -2.42. The first-order chi connectivity index (χ1) is 11.4. The van der Waals surface area contributed by atoms with Gasteiger partial charge in [0.25, 0.3) is 0 Å². The molecule has 0 aliphatic heterocycles. The minimum absolute atomic E-state index is 0.125. The molecule has 1 aromatic carbocycles. The number of rotatable bonds is 8. The van der Waals surface area contributed by atoms with E-state index in [4.69, 9.17) is 14.8 Å². The van der Waals surface area contributed by atoms with E-state index >= 15 is 0 Å². The summed E-state index contributed by atoms with van der Waals surface area (Å²) in [6, 6.07) is 7.38. The molecule has 7 heteroatoms. The quantitative estimate of drug-likeness (QED) is 0.332. The zero-order valence-corrected chi connectivity index (χ0v) is 15.3. The van der Waals surface area contributed by atoms with Gasteiger partial charge in [-0.1, -0.05) is 29.8 Å². The molecule has 6 nitrogen and oxygen atoms in total. The van der Waals surface area contributed by atoms with E-state index in [9.17, 15) is 9.36 Å². The molecule has 0 radical (unpaired) electrons. The van der Waals surface area contributed by atoms with Crippen molar-refractivity contribution < 1.29 is 23.1 Å². The summed E-state index contributed by atoms with van der Waals surface area (Å²) in [4.78, 5) is 11.4. The first kappa shape index (κ1) is 20.2. The Morgan fingerprint density at radius 2 is 1.67 bits per heavy atom. The van der Waals surface area contributed by atoms with Gasteiger partial charge < -0.3 is 19.5 Å². The van der Waals surface area contributed by atoms with Crippen LogP contribution in [0, 0.1) is 6.92 Å². The lowest BCUT2D eigenvalue weighted by molar-refractivity contribution is -0.134. The van der Waals surface area contributed by atoms with Gasteiger partial charge in [0.2, 0.25) is 0 Å². The number of carbonyl (C=O) groups excluding carboxylic acids is 1. The van der Waals surface area contributed by atoms with Gasteiger partial charge in [0, 0.05) is 6.08 Å². The van der Waals surface area contributed by atoms with Crippen molar-refractivity contribution in [2.75, 3.05) is 20.3 Å².